The number of hydrogen-bond donors (Lipinski definition) is 1. The van der Waals surface area contributed by atoms with Crippen LogP contribution >= 0.6 is 23.4 Å². The Hall–Kier alpha value is -1.20. The molecule has 78 valence electrons. The second kappa shape index (κ2) is 4.12. The molecule has 0 fully saturated rings. The summed E-state index contributed by atoms with van der Waals surface area (Å²) >= 11 is 7.17. The highest BCUT2D eigenvalue weighted by atomic mass is 35.5. The molecule has 1 aromatic carbocycles. The molecule has 0 bridgehead atoms. The molecule has 2 N–H and O–H groups in total. The number of anilines is 1. The van der Waals surface area contributed by atoms with Gasteiger partial charge >= 0.3 is 0 Å². The van der Waals surface area contributed by atoms with Gasteiger partial charge < -0.3 is 10.2 Å². The molecule has 0 aliphatic rings. The van der Waals surface area contributed by atoms with Crippen molar-refractivity contribution in [1.82, 2.24) is 10.2 Å². The third kappa shape index (κ3) is 2.08. The number of nitrogens with two attached hydrogens (primary N) is 1. The molecule has 0 spiro atoms. The lowest BCUT2D eigenvalue weighted by Gasteiger charge is -2.00. The number of rotatable bonds is 2. The Morgan fingerprint density at radius 1 is 1.40 bits per heavy atom. The number of halogens is 1. The molecular formula is C9H8ClN3OS. The average Bonchev–Trinajstić information content (AvgIpc) is 2.66. The molecule has 15 heavy (non-hydrogen) atoms. The minimum Gasteiger partial charge on any atom is -0.411 e. The van der Waals surface area contributed by atoms with E-state index in [0.717, 1.165) is 0 Å². The van der Waals surface area contributed by atoms with Gasteiger partial charge in [-0.2, -0.15) is 0 Å². The van der Waals surface area contributed by atoms with Gasteiger partial charge in [0.1, 0.15) is 0 Å². The lowest BCUT2D eigenvalue weighted by Crippen LogP contribution is -1.89. The van der Waals surface area contributed by atoms with Crippen molar-refractivity contribution in [1.29, 1.82) is 0 Å². The summed E-state index contributed by atoms with van der Waals surface area (Å²) < 4.78 is 5.36. The van der Waals surface area contributed by atoms with Gasteiger partial charge in [-0.15, -0.1) is 10.2 Å². The number of nitrogens with zero attached hydrogens (tertiary/aromatic N) is 2. The summed E-state index contributed by atoms with van der Waals surface area (Å²) in [6.45, 7) is 0. The Bertz CT molecular complexity index is 486. The smallest absolute Gasteiger partial charge is 0.276 e. The van der Waals surface area contributed by atoms with Gasteiger partial charge in [-0.05, 0) is 24.5 Å². The molecule has 0 aliphatic carbocycles. The van der Waals surface area contributed by atoms with Crippen molar-refractivity contribution in [2.24, 2.45) is 0 Å². The lowest BCUT2D eigenvalue weighted by atomic mass is 10.2. The predicted octanol–water partition coefficient (Wildman–Crippen LogP) is 2.69. The van der Waals surface area contributed by atoms with E-state index in [4.69, 9.17) is 21.8 Å². The molecule has 6 heteroatoms. The molecule has 0 saturated carbocycles. The number of hydrogen-bond acceptors (Lipinski definition) is 5. The maximum atomic E-state index is 5.79. The van der Waals surface area contributed by atoms with Crippen molar-refractivity contribution in [3.05, 3.63) is 23.2 Å². The highest BCUT2D eigenvalue weighted by Crippen LogP contribution is 2.28. The highest BCUT2D eigenvalue weighted by Gasteiger charge is 2.10. The van der Waals surface area contributed by atoms with E-state index < -0.39 is 0 Å². The molecule has 2 rings (SSSR count). The van der Waals surface area contributed by atoms with E-state index >= 15 is 0 Å². The van der Waals surface area contributed by atoms with E-state index in [1.54, 1.807) is 18.2 Å². The van der Waals surface area contributed by atoms with Crippen LogP contribution in [0.2, 0.25) is 5.02 Å². The Morgan fingerprint density at radius 2 is 2.20 bits per heavy atom. The van der Waals surface area contributed by atoms with Gasteiger partial charge in [0.15, 0.2) is 0 Å². The van der Waals surface area contributed by atoms with Crippen LogP contribution in [0.25, 0.3) is 11.5 Å². The Kier molecular flexibility index (Phi) is 2.83. The summed E-state index contributed by atoms with van der Waals surface area (Å²) in [5.41, 5.74) is 7.01. The van der Waals surface area contributed by atoms with Crippen LogP contribution in [0.15, 0.2) is 27.8 Å². The number of thioether (sulfide) groups is 1. The minimum absolute atomic E-state index is 0.411. The fourth-order valence-corrected chi connectivity index (χ4v) is 1.59. The summed E-state index contributed by atoms with van der Waals surface area (Å²) in [6, 6.07) is 5.14. The van der Waals surface area contributed by atoms with E-state index in [-0.39, 0.29) is 0 Å². The summed E-state index contributed by atoms with van der Waals surface area (Å²) in [6.07, 6.45) is 1.86. The summed E-state index contributed by atoms with van der Waals surface area (Å²) in [5, 5.41) is 8.82. The van der Waals surface area contributed by atoms with Gasteiger partial charge in [-0.3, -0.25) is 0 Å². The Labute approximate surface area is 95.8 Å². The first-order valence-corrected chi connectivity index (χ1v) is 5.74. The standard InChI is InChI=1S/C9H8ClN3OS/c1-15-9-13-12-8(14-9)6-3-2-5(10)4-7(6)11/h2-4H,11H2,1H3. The molecule has 1 heterocycles. The van der Waals surface area contributed by atoms with Crippen molar-refractivity contribution in [3.63, 3.8) is 0 Å². The molecule has 0 unspecified atom stereocenters. The molecule has 1 aromatic heterocycles. The van der Waals surface area contributed by atoms with E-state index in [0.29, 0.717) is 27.4 Å². The van der Waals surface area contributed by atoms with Gasteiger partial charge in [0, 0.05) is 10.7 Å². The second-order valence-electron chi connectivity index (χ2n) is 2.81. The van der Waals surface area contributed by atoms with Gasteiger partial charge in [0.05, 0.1) is 5.56 Å². The summed E-state index contributed by atoms with van der Waals surface area (Å²) in [4.78, 5) is 0. The fraction of sp³-hybridized carbons (Fsp3) is 0.111. The van der Waals surface area contributed by atoms with Gasteiger partial charge in [-0.1, -0.05) is 23.4 Å². The van der Waals surface area contributed by atoms with Gasteiger partial charge in [0.25, 0.3) is 11.1 Å². The number of nitrogen functional groups attached to an aromatic ring is 1. The van der Waals surface area contributed by atoms with Crippen molar-refractivity contribution in [3.8, 4) is 11.5 Å². The molecular weight excluding hydrogens is 234 g/mol. The summed E-state index contributed by atoms with van der Waals surface area (Å²) in [7, 11) is 0. The van der Waals surface area contributed by atoms with Gasteiger partial charge in [-0.25, -0.2) is 0 Å². The SMILES string of the molecule is CSc1nnc(-c2ccc(Cl)cc2N)o1. The van der Waals surface area contributed by atoms with Crippen LogP contribution in [0.5, 0.6) is 0 Å². The van der Waals surface area contributed by atoms with Crippen molar-refractivity contribution in [2.75, 3.05) is 12.0 Å². The Balaban J connectivity index is 2.44. The second-order valence-corrected chi connectivity index (χ2v) is 4.00. The zero-order valence-electron chi connectivity index (χ0n) is 7.90. The number of benzene rings is 1. The molecule has 0 atom stereocenters. The quantitative estimate of drug-likeness (QED) is 0.647. The Morgan fingerprint density at radius 3 is 2.80 bits per heavy atom. The lowest BCUT2D eigenvalue weighted by molar-refractivity contribution is 0.466. The van der Waals surface area contributed by atoms with Crippen molar-refractivity contribution < 1.29 is 4.42 Å². The maximum Gasteiger partial charge on any atom is 0.276 e. The van der Waals surface area contributed by atoms with Crippen LogP contribution in [0.3, 0.4) is 0 Å². The predicted molar refractivity (Wildman–Crippen MR) is 60.9 cm³/mol. The van der Waals surface area contributed by atoms with Crippen LogP contribution in [0, 0.1) is 0 Å². The van der Waals surface area contributed by atoms with Crippen molar-refractivity contribution in [2.45, 2.75) is 5.22 Å². The normalized spacial score (nSPS) is 10.5. The third-order valence-electron chi connectivity index (χ3n) is 1.83. The topological polar surface area (TPSA) is 64.9 Å². The van der Waals surface area contributed by atoms with Crippen LogP contribution in [0.4, 0.5) is 5.69 Å². The third-order valence-corrected chi connectivity index (χ3v) is 2.57. The van der Waals surface area contributed by atoms with E-state index in [1.165, 1.54) is 11.8 Å². The van der Waals surface area contributed by atoms with E-state index in [1.807, 2.05) is 6.26 Å². The number of aromatic nitrogens is 2. The zero-order valence-corrected chi connectivity index (χ0v) is 9.47. The maximum absolute atomic E-state index is 5.79. The van der Waals surface area contributed by atoms with Crippen LogP contribution in [0.1, 0.15) is 0 Å². The highest BCUT2D eigenvalue weighted by molar-refractivity contribution is 7.98. The summed E-state index contributed by atoms with van der Waals surface area (Å²) in [5.74, 6) is 0.411. The molecule has 2 aromatic rings. The van der Waals surface area contributed by atoms with Crippen molar-refractivity contribution >= 4 is 29.1 Å². The van der Waals surface area contributed by atoms with Crippen LogP contribution < -0.4 is 5.73 Å². The molecule has 0 aliphatic heterocycles. The van der Waals surface area contributed by atoms with Crippen LogP contribution in [-0.2, 0) is 0 Å². The monoisotopic (exact) mass is 241 g/mol. The van der Waals surface area contributed by atoms with E-state index in [9.17, 15) is 0 Å². The first-order chi connectivity index (χ1) is 7.20. The molecule has 4 nitrogen and oxygen atoms in total. The first-order valence-electron chi connectivity index (χ1n) is 4.13. The van der Waals surface area contributed by atoms with Crippen LogP contribution in [-0.4, -0.2) is 16.5 Å². The first kappa shape index (κ1) is 10.3. The zero-order chi connectivity index (χ0) is 10.8. The van der Waals surface area contributed by atoms with E-state index in [2.05, 4.69) is 10.2 Å². The minimum atomic E-state index is 0.411. The average molecular weight is 242 g/mol. The van der Waals surface area contributed by atoms with Gasteiger partial charge in [0.2, 0.25) is 0 Å². The fourth-order valence-electron chi connectivity index (χ4n) is 1.13. The molecule has 0 amide bonds. The molecule has 0 radical (unpaired) electrons. The largest absolute Gasteiger partial charge is 0.411 e. The molecule has 0 saturated heterocycles.